The van der Waals surface area contributed by atoms with Crippen molar-refractivity contribution in [2.24, 2.45) is 0 Å². The topological polar surface area (TPSA) is 12.0 Å². The van der Waals surface area contributed by atoms with Crippen LogP contribution < -0.4 is 5.32 Å². The van der Waals surface area contributed by atoms with E-state index in [0.717, 1.165) is 12.1 Å². The molecule has 2 aromatic rings. The first-order chi connectivity index (χ1) is 9.08. The maximum absolute atomic E-state index is 13.5. The van der Waals surface area contributed by atoms with E-state index in [1.54, 1.807) is 13.0 Å². The molecule has 0 fully saturated rings. The smallest absolute Gasteiger partial charge is 0.126 e. The van der Waals surface area contributed by atoms with Gasteiger partial charge in [0.2, 0.25) is 0 Å². The Balaban J connectivity index is 2.03. The molecule has 0 heterocycles. The second-order valence-electron chi connectivity index (χ2n) is 5.04. The van der Waals surface area contributed by atoms with Gasteiger partial charge in [-0.25, -0.2) is 4.39 Å². The molecule has 0 radical (unpaired) electrons. The van der Waals surface area contributed by atoms with E-state index in [-0.39, 0.29) is 11.9 Å². The summed E-state index contributed by atoms with van der Waals surface area (Å²) in [6, 6.07) is 13.9. The monoisotopic (exact) mass is 257 g/mol. The molecule has 0 bridgehead atoms. The molecule has 0 spiro atoms. The van der Waals surface area contributed by atoms with E-state index in [1.165, 1.54) is 11.1 Å². The Morgan fingerprint density at radius 3 is 2.47 bits per heavy atom. The summed E-state index contributed by atoms with van der Waals surface area (Å²) < 4.78 is 13.5. The minimum atomic E-state index is -0.137. The number of benzene rings is 2. The van der Waals surface area contributed by atoms with Gasteiger partial charge in [0.1, 0.15) is 5.82 Å². The molecule has 2 rings (SSSR count). The molecular formula is C17H20FN. The molecular weight excluding hydrogens is 237 g/mol. The molecule has 0 amide bonds. The number of nitrogens with one attached hydrogen (secondary N) is 1. The highest BCUT2D eigenvalue weighted by molar-refractivity contribution is 5.27. The lowest BCUT2D eigenvalue weighted by Crippen LogP contribution is -2.18. The lowest BCUT2D eigenvalue weighted by atomic mass is 10.0. The van der Waals surface area contributed by atoms with Crippen LogP contribution in [-0.2, 0) is 6.54 Å². The first-order valence-corrected chi connectivity index (χ1v) is 6.62. The van der Waals surface area contributed by atoms with E-state index in [0.29, 0.717) is 5.56 Å². The van der Waals surface area contributed by atoms with E-state index < -0.39 is 0 Å². The zero-order valence-electron chi connectivity index (χ0n) is 11.7. The van der Waals surface area contributed by atoms with Gasteiger partial charge in [0.15, 0.2) is 0 Å². The number of aryl methyl sites for hydroxylation is 2. The van der Waals surface area contributed by atoms with Crippen molar-refractivity contribution in [3.63, 3.8) is 0 Å². The Morgan fingerprint density at radius 1 is 1.05 bits per heavy atom. The van der Waals surface area contributed by atoms with Crippen LogP contribution in [0.25, 0.3) is 0 Å². The molecule has 100 valence electrons. The normalized spacial score (nSPS) is 12.4. The van der Waals surface area contributed by atoms with Crippen LogP contribution in [0.4, 0.5) is 4.39 Å². The fourth-order valence-corrected chi connectivity index (χ4v) is 2.07. The Kier molecular flexibility index (Phi) is 4.33. The molecule has 0 aromatic heterocycles. The third-order valence-electron chi connectivity index (χ3n) is 3.56. The molecule has 0 saturated heterocycles. The van der Waals surface area contributed by atoms with Gasteiger partial charge in [-0.05, 0) is 49.1 Å². The van der Waals surface area contributed by atoms with Crippen LogP contribution in [0.2, 0.25) is 0 Å². The summed E-state index contributed by atoms with van der Waals surface area (Å²) >= 11 is 0. The van der Waals surface area contributed by atoms with Crippen molar-refractivity contribution in [3.05, 3.63) is 70.5 Å². The van der Waals surface area contributed by atoms with E-state index in [4.69, 9.17) is 0 Å². The summed E-state index contributed by atoms with van der Waals surface area (Å²) in [5.74, 6) is -0.137. The third-order valence-corrected chi connectivity index (χ3v) is 3.56. The number of halogens is 1. The minimum absolute atomic E-state index is 0.134. The number of hydrogen-bond donors (Lipinski definition) is 1. The molecule has 1 atom stereocenters. The van der Waals surface area contributed by atoms with Gasteiger partial charge < -0.3 is 5.32 Å². The second-order valence-corrected chi connectivity index (χ2v) is 5.04. The summed E-state index contributed by atoms with van der Waals surface area (Å²) in [6.07, 6.45) is 0. The van der Waals surface area contributed by atoms with E-state index >= 15 is 0 Å². The van der Waals surface area contributed by atoms with Crippen LogP contribution in [0, 0.1) is 19.7 Å². The van der Waals surface area contributed by atoms with Gasteiger partial charge >= 0.3 is 0 Å². The summed E-state index contributed by atoms with van der Waals surface area (Å²) in [7, 11) is 0. The quantitative estimate of drug-likeness (QED) is 0.861. The molecule has 0 aliphatic carbocycles. The van der Waals surface area contributed by atoms with Gasteiger partial charge in [-0.1, -0.05) is 36.4 Å². The van der Waals surface area contributed by atoms with Crippen LogP contribution in [0.1, 0.15) is 35.2 Å². The largest absolute Gasteiger partial charge is 0.306 e. The van der Waals surface area contributed by atoms with Gasteiger partial charge in [0.05, 0.1) is 0 Å². The molecule has 19 heavy (non-hydrogen) atoms. The second kappa shape index (κ2) is 5.98. The average Bonchev–Trinajstić information content (AvgIpc) is 2.40. The summed E-state index contributed by atoms with van der Waals surface area (Å²) in [5.41, 5.74) is 4.23. The first-order valence-electron chi connectivity index (χ1n) is 6.62. The fraction of sp³-hybridized carbons (Fsp3) is 0.294. The summed E-state index contributed by atoms with van der Waals surface area (Å²) in [6.45, 7) is 6.74. The van der Waals surface area contributed by atoms with Crippen LogP contribution in [0.5, 0.6) is 0 Å². The highest BCUT2D eigenvalue weighted by atomic mass is 19.1. The summed E-state index contributed by atoms with van der Waals surface area (Å²) in [5, 5.41) is 3.44. The summed E-state index contributed by atoms with van der Waals surface area (Å²) in [4.78, 5) is 0. The van der Waals surface area contributed by atoms with Gasteiger partial charge in [0.25, 0.3) is 0 Å². The van der Waals surface area contributed by atoms with Crippen molar-refractivity contribution >= 4 is 0 Å². The van der Waals surface area contributed by atoms with E-state index in [2.05, 4.69) is 31.3 Å². The van der Waals surface area contributed by atoms with Gasteiger partial charge in [-0.3, -0.25) is 0 Å². The van der Waals surface area contributed by atoms with Crippen molar-refractivity contribution in [1.82, 2.24) is 5.32 Å². The molecule has 1 unspecified atom stereocenters. The molecule has 1 N–H and O–H groups in total. The van der Waals surface area contributed by atoms with Gasteiger partial charge in [-0.2, -0.15) is 0 Å². The van der Waals surface area contributed by atoms with Crippen LogP contribution >= 0.6 is 0 Å². The molecule has 1 nitrogen and oxygen atoms in total. The highest BCUT2D eigenvalue weighted by Gasteiger charge is 2.07. The zero-order valence-corrected chi connectivity index (χ0v) is 11.7. The minimum Gasteiger partial charge on any atom is -0.306 e. The molecule has 0 aliphatic rings. The maximum atomic E-state index is 13.5. The van der Waals surface area contributed by atoms with Crippen LogP contribution in [0.15, 0.2) is 42.5 Å². The first kappa shape index (κ1) is 13.8. The van der Waals surface area contributed by atoms with E-state index in [1.807, 2.05) is 24.3 Å². The molecule has 2 heteroatoms. The standard InChI is InChI=1S/C17H20FN/c1-12-6-4-5-7-16(12)11-19-14(3)15-9-8-13(2)17(18)10-15/h4-10,14,19H,11H2,1-3H3. The van der Waals surface area contributed by atoms with Gasteiger partial charge in [0, 0.05) is 12.6 Å². The molecule has 0 saturated carbocycles. The predicted octanol–water partition coefficient (Wildman–Crippen LogP) is 4.29. The Labute approximate surface area is 114 Å². The molecule has 2 aromatic carbocycles. The number of rotatable bonds is 4. The highest BCUT2D eigenvalue weighted by Crippen LogP contribution is 2.17. The zero-order chi connectivity index (χ0) is 13.8. The average molecular weight is 257 g/mol. The number of hydrogen-bond acceptors (Lipinski definition) is 1. The van der Waals surface area contributed by atoms with Crippen LogP contribution in [-0.4, -0.2) is 0 Å². The molecule has 0 aliphatic heterocycles. The van der Waals surface area contributed by atoms with Crippen molar-refractivity contribution in [1.29, 1.82) is 0 Å². The van der Waals surface area contributed by atoms with Crippen LogP contribution in [0.3, 0.4) is 0 Å². The Morgan fingerprint density at radius 2 is 1.79 bits per heavy atom. The fourth-order valence-electron chi connectivity index (χ4n) is 2.07. The Hall–Kier alpha value is -1.67. The maximum Gasteiger partial charge on any atom is 0.126 e. The van der Waals surface area contributed by atoms with Gasteiger partial charge in [-0.15, -0.1) is 0 Å². The van der Waals surface area contributed by atoms with Crippen molar-refractivity contribution in [3.8, 4) is 0 Å². The lowest BCUT2D eigenvalue weighted by Gasteiger charge is -2.16. The van der Waals surface area contributed by atoms with Crippen molar-refractivity contribution in [2.45, 2.75) is 33.4 Å². The van der Waals surface area contributed by atoms with E-state index in [9.17, 15) is 4.39 Å². The van der Waals surface area contributed by atoms with Crippen molar-refractivity contribution < 1.29 is 4.39 Å². The van der Waals surface area contributed by atoms with Crippen molar-refractivity contribution in [2.75, 3.05) is 0 Å². The predicted molar refractivity (Wildman–Crippen MR) is 77.6 cm³/mol. The Bertz CT molecular complexity index is 563. The lowest BCUT2D eigenvalue weighted by molar-refractivity contribution is 0.562. The third kappa shape index (κ3) is 3.42. The SMILES string of the molecule is Cc1ccc(C(C)NCc2ccccc2C)cc1F.